The lowest BCUT2D eigenvalue weighted by Gasteiger charge is -2.08. The first-order valence-corrected chi connectivity index (χ1v) is 8.11. The van der Waals surface area contributed by atoms with Crippen LogP contribution in [0.4, 0.5) is 5.69 Å². The van der Waals surface area contributed by atoms with E-state index < -0.39 is 0 Å². The van der Waals surface area contributed by atoms with Crippen LogP contribution in [0.3, 0.4) is 0 Å². The van der Waals surface area contributed by atoms with Crippen LogP contribution in [-0.2, 0) is 6.54 Å². The van der Waals surface area contributed by atoms with E-state index in [1.54, 1.807) is 23.1 Å². The van der Waals surface area contributed by atoms with Gasteiger partial charge in [-0.25, -0.2) is 0 Å². The highest BCUT2D eigenvalue weighted by molar-refractivity contribution is 9.10. The van der Waals surface area contributed by atoms with Crippen molar-refractivity contribution in [3.8, 4) is 0 Å². The van der Waals surface area contributed by atoms with Crippen molar-refractivity contribution in [2.75, 3.05) is 5.32 Å². The topological polar surface area (TPSA) is 46.9 Å². The minimum Gasteiger partial charge on any atom is -0.322 e. The molecule has 1 amide bonds. The first-order chi connectivity index (χ1) is 11.1. The minimum absolute atomic E-state index is 0.150. The van der Waals surface area contributed by atoms with Gasteiger partial charge in [-0.3, -0.25) is 9.48 Å². The van der Waals surface area contributed by atoms with Crippen LogP contribution in [0.5, 0.6) is 0 Å². The maximum Gasteiger partial charge on any atom is 0.255 e. The number of halogens is 2. The lowest BCUT2D eigenvalue weighted by molar-refractivity contribution is 0.102. The smallest absolute Gasteiger partial charge is 0.255 e. The molecule has 23 heavy (non-hydrogen) atoms. The first-order valence-electron chi connectivity index (χ1n) is 6.94. The molecule has 0 bridgehead atoms. The zero-order valence-electron chi connectivity index (χ0n) is 12.0. The lowest BCUT2D eigenvalue weighted by Crippen LogP contribution is -2.12. The Kier molecular flexibility index (Phi) is 4.79. The molecule has 0 atom stereocenters. The third-order valence-electron chi connectivity index (χ3n) is 3.22. The number of nitrogens with zero attached hydrogens (tertiary/aromatic N) is 2. The maximum absolute atomic E-state index is 12.4. The van der Waals surface area contributed by atoms with Gasteiger partial charge in [0.05, 0.1) is 17.8 Å². The fourth-order valence-corrected chi connectivity index (χ4v) is 2.75. The molecule has 1 N–H and O–H groups in total. The highest BCUT2D eigenvalue weighted by Crippen LogP contribution is 2.17. The van der Waals surface area contributed by atoms with Gasteiger partial charge < -0.3 is 5.32 Å². The molecular weight excluding hydrogens is 378 g/mol. The van der Waals surface area contributed by atoms with Crippen LogP contribution < -0.4 is 5.32 Å². The van der Waals surface area contributed by atoms with E-state index in [-0.39, 0.29) is 5.91 Å². The number of anilines is 1. The molecule has 2 aromatic carbocycles. The van der Waals surface area contributed by atoms with E-state index >= 15 is 0 Å². The Morgan fingerprint density at radius 3 is 2.78 bits per heavy atom. The summed E-state index contributed by atoms with van der Waals surface area (Å²) in [5.74, 6) is -0.150. The normalized spacial score (nSPS) is 10.5. The Balaban J connectivity index is 1.75. The number of carbonyl (C=O) groups excluding carboxylic acids is 1. The Morgan fingerprint density at radius 1 is 1.22 bits per heavy atom. The van der Waals surface area contributed by atoms with Gasteiger partial charge in [0.2, 0.25) is 0 Å². The Hall–Kier alpha value is -2.11. The summed E-state index contributed by atoms with van der Waals surface area (Å²) >= 11 is 9.25. The lowest BCUT2D eigenvalue weighted by atomic mass is 10.1. The van der Waals surface area contributed by atoms with Crippen LogP contribution in [0, 0.1) is 0 Å². The monoisotopic (exact) mass is 389 g/mol. The number of carbonyl (C=O) groups is 1. The van der Waals surface area contributed by atoms with Crippen molar-refractivity contribution >= 4 is 39.1 Å². The molecule has 4 nitrogen and oxygen atoms in total. The van der Waals surface area contributed by atoms with Crippen LogP contribution in [0.2, 0.25) is 5.02 Å². The second kappa shape index (κ2) is 6.98. The molecule has 0 fully saturated rings. The molecule has 0 saturated heterocycles. The van der Waals surface area contributed by atoms with E-state index in [2.05, 4.69) is 26.3 Å². The number of rotatable bonds is 4. The van der Waals surface area contributed by atoms with Gasteiger partial charge in [-0.2, -0.15) is 5.10 Å². The molecule has 6 heteroatoms. The molecule has 1 aromatic heterocycles. The quantitative estimate of drug-likeness (QED) is 0.708. The summed E-state index contributed by atoms with van der Waals surface area (Å²) in [6.45, 7) is 0.560. The largest absolute Gasteiger partial charge is 0.322 e. The maximum atomic E-state index is 12.4. The molecular formula is C17H13BrClN3O. The molecule has 116 valence electrons. The van der Waals surface area contributed by atoms with Crippen LogP contribution in [0.15, 0.2) is 65.4 Å². The molecule has 3 rings (SSSR count). The van der Waals surface area contributed by atoms with Gasteiger partial charge in [0.1, 0.15) is 0 Å². The molecule has 0 aliphatic rings. The van der Waals surface area contributed by atoms with Gasteiger partial charge in [-0.1, -0.05) is 45.7 Å². The van der Waals surface area contributed by atoms with Crippen molar-refractivity contribution in [2.24, 2.45) is 0 Å². The highest BCUT2D eigenvalue weighted by atomic mass is 79.9. The average molecular weight is 391 g/mol. The van der Waals surface area contributed by atoms with E-state index in [1.165, 1.54) is 0 Å². The Labute approximate surface area is 147 Å². The van der Waals surface area contributed by atoms with Crippen LogP contribution in [-0.4, -0.2) is 15.7 Å². The number of nitrogens with one attached hydrogen (secondary N) is 1. The minimum atomic E-state index is -0.150. The molecule has 0 aliphatic carbocycles. The van der Waals surface area contributed by atoms with Gasteiger partial charge in [-0.15, -0.1) is 0 Å². The summed E-state index contributed by atoms with van der Waals surface area (Å²) in [4.78, 5) is 12.4. The molecule has 0 spiro atoms. The molecule has 3 aromatic rings. The van der Waals surface area contributed by atoms with E-state index in [4.69, 9.17) is 11.6 Å². The van der Waals surface area contributed by atoms with Crippen molar-refractivity contribution in [1.82, 2.24) is 9.78 Å². The van der Waals surface area contributed by atoms with Gasteiger partial charge in [0.25, 0.3) is 5.91 Å². The van der Waals surface area contributed by atoms with Crippen molar-refractivity contribution < 1.29 is 4.79 Å². The van der Waals surface area contributed by atoms with E-state index in [1.807, 2.05) is 42.5 Å². The SMILES string of the molecule is O=C(Nc1cccc(Br)c1)c1cccc(Cn2cc(Cl)cn2)c1. The standard InChI is InChI=1S/C17H13BrClN3O/c18-14-5-2-6-16(8-14)21-17(23)13-4-1-3-12(7-13)10-22-11-15(19)9-20-22/h1-9,11H,10H2,(H,21,23). The van der Waals surface area contributed by atoms with Gasteiger partial charge >= 0.3 is 0 Å². The van der Waals surface area contributed by atoms with E-state index in [0.29, 0.717) is 17.1 Å². The number of amides is 1. The third kappa shape index (κ3) is 4.21. The Morgan fingerprint density at radius 2 is 2.04 bits per heavy atom. The van der Waals surface area contributed by atoms with Crippen molar-refractivity contribution in [3.05, 3.63) is 81.5 Å². The van der Waals surface area contributed by atoms with Crippen LogP contribution >= 0.6 is 27.5 Å². The summed E-state index contributed by atoms with van der Waals surface area (Å²) in [6.07, 6.45) is 3.33. The number of aromatic nitrogens is 2. The summed E-state index contributed by atoms with van der Waals surface area (Å²) < 4.78 is 2.65. The summed E-state index contributed by atoms with van der Waals surface area (Å²) in [6, 6.07) is 14.9. The fourth-order valence-electron chi connectivity index (χ4n) is 2.19. The van der Waals surface area contributed by atoms with Crippen molar-refractivity contribution in [3.63, 3.8) is 0 Å². The Bertz CT molecular complexity index is 847. The number of hydrogen-bond acceptors (Lipinski definition) is 2. The summed E-state index contributed by atoms with van der Waals surface area (Å²) in [5, 5.41) is 7.61. The second-order valence-electron chi connectivity index (χ2n) is 5.02. The van der Waals surface area contributed by atoms with Crippen molar-refractivity contribution in [2.45, 2.75) is 6.54 Å². The summed E-state index contributed by atoms with van der Waals surface area (Å²) in [7, 11) is 0. The molecule has 1 heterocycles. The van der Waals surface area contributed by atoms with Gasteiger partial charge in [0, 0.05) is 21.9 Å². The summed E-state index contributed by atoms with van der Waals surface area (Å²) in [5.41, 5.74) is 2.32. The second-order valence-corrected chi connectivity index (χ2v) is 6.37. The van der Waals surface area contributed by atoms with Gasteiger partial charge in [0.15, 0.2) is 0 Å². The van der Waals surface area contributed by atoms with E-state index in [9.17, 15) is 4.79 Å². The average Bonchev–Trinajstić information content (AvgIpc) is 2.92. The third-order valence-corrected chi connectivity index (χ3v) is 3.91. The predicted molar refractivity (Wildman–Crippen MR) is 94.9 cm³/mol. The van der Waals surface area contributed by atoms with Gasteiger partial charge in [-0.05, 0) is 35.9 Å². The number of benzene rings is 2. The van der Waals surface area contributed by atoms with E-state index in [0.717, 1.165) is 15.7 Å². The molecule has 0 aliphatic heterocycles. The van der Waals surface area contributed by atoms with Crippen molar-refractivity contribution in [1.29, 1.82) is 0 Å². The van der Waals surface area contributed by atoms with Crippen LogP contribution in [0.1, 0.15) is 15.9 Å². The first kappa shape index (κ1) is 15.8. The molecule has 0 unspecified atom stereocenters. The zero-order chi connectivity index (χ0) is 16.2. The predicted octanol–water partition coefficient (Wildman–Crippen LogP) is 4.60. The number of hydrogen-bond donors (Lipinski definition) is 1. The molecule has 0 radical (unpaired) electrons. The fraction of sp³-hybridized carbons (Fsp3) is 0.0588. The zero-order valence-corrected chi connectivity index (χ0v) is 14.4. The molecule has 0 saturated carbocycles. The highest BCUT2D eigenvalue weighted by Gasteiger charge is 2.08. The van der Waals surface area contributed by atoms with Crippen LogP contribution in [0.25, 0.3) is 0 Å².